The van der Waals surface area contributed by atoms with Crippen LogP contribution >= 0.6 is 11.6 Å². The third kappa shape index (κ3) is 3.18. The summed E-state index contributed by atoms with van der Waals surface area (Å²) in [4.78, 5) is 20.4. The SMILES string of the molecule is N[C@@H]1C(C(=O)Cn2cncn2)CCN1S(=O)(=O)c1cccc2cncc(Cl)c12. The minimum absolute atomic E-state index is 0.00196. The molecule has 0 amide bonds. The fourth-order valence-electron chi connectivity index (χ4n) is 3.51. The van der Waals surface area contributed by atoms with E-state index < -0.39 is 22.1 Å². The second kappa shape index (κ2) is 7.21. The number of hydrogen-bond donors (Lipinski definition) is 1. The lowest BCUT2D eigenvalue weighted by molar-refractivity contribution is -0.124. The molecule has 0 aliphatic carbocycles. The number of aromatic nitrogens is 4. The highest BCUT2D eigenvalue weighted by atomic mass is 35.5. The van der Waals surface area contributed by atoms with E-state index in [1.807, 2.05) is 0 Å². The van der Waals surface area contributed by atoms with E-state index in [0.29, 0.717) is 17.2 Å². The Kier molecular flexibility index (Phi) is 4.88. The lowest BCUT2D eigenvalue weighted by Gasteiger charge is -2.24. The van der Waals surface area contributed by atoms with E-state index in [1.54, 1.807) is 18.3 Å². The maximum Gasteiger partial charge on any atom is 0.245 e. The van der Waals surface area contributed by atoms with E-state index in [-0.39, 0.29) is 28.8 Å². The van der Waals surface area contributed by atoms with Gasteiger partial charge < -0.3 is 5.73 Å². The summed E-state index contributed by atoms with van der Waals surface area (Å²) in [5.74, 6) is -0.804. The number of pyridine rings is 1. The van der Waals surface area contributed by atoms with E-state index in [0.717, 1.165) is 0 Å². The predicted octanol–water partition coefficient (Wildman–Crippen LogP) is 1.04. The van der Waals surface area contributed by atoms with Crippen molar-refractivity contribution in [3.8, 4) is 0 Å². The standard InChI is InChI=1S/C17H17ClN6O3S/c18-13-7-20-6-11-2-1-3-15(16(11)13)28(26,27)24-5-4-12(17(24)19)14(25)8-23-10-21-9-22-23/h1-3,6-7,9-10,12,17H,4-5,8,19H2/t12?,17-/m0/s1. The van der Waals surface area contributed by atoms with E-state index in [9.17, 15) is 13.2 Å². The number of ketones is 1. The number of fused-ring (bicyclic) bond motifs is 1. The maximum atomic E-state index is 13.3. The highest BCUT2D eigenvalue weighted by Gasteiger charge is 2.43. The van der Waals surface area contributed by atoms with Crippen LogP contribution in [0.5, 0.6) is 0 Å². The average molecular weight is 421 g/mol. The fraction of sp³-hybridized carbons (Fsp3) is 0.294. The van der Waals surface area contributed by atoms with Crippen molar-refractivity contribution >= 4 is 38.2 Å². The third-order valence-corrected chi connectivity index (χ3v) is 7.11. The molecule has 3 heterocycles. The van der Waals surface area contributed by atoms with Gasteiger partial charge in [-0.25, -0.2) is 18.1 Å². The molecule has 11 heteroatoms. The number of carbonyl (C=O) groups excluding carboxylic acids is 1. The molecule has 1 aromatic carbocycles. The van der Waals surface area contributed by atoms with E-state index in [4.69, 9.17) is 17.3 Å². The van der Waals surface area contributed by atoms with Gasteiger partial charge in [0, 0.05) is 29.7 Å². The number of carbonyl (C=O) groups is 1. The summed E-state index contributed by atoms with van der Waals surface area (Å²) in [5, 5.41) is 5.15. The first kappa shape index (κ1) is 18.9. The summed E-state index contributed by atoms with van der Waals surface area (Å²) < 4.78 is 29.2. The third-order valence-electron chi connectivity index (χ3n) is 4.89. The molecule has 0 spiro atoms. The average Bonchev–Trinajstić information content (AvgIpc) is 3.31. The van der Waals surface area contributed by atoms with Gasteiger partial charge in [0.15, 0.2) is 5.78 Å². The van der Waals surface area contributed by atoms with Crippen LogP contribution in [0.15, 0.2) is 48.1 Å². The fourth-order valence-corrected chi connectivity index (χ4v) is 5.64. The molecular formula is C17H17ClN6O3S. The molecule has 1 unspecified atom stereocenters. The highest BCUT2D eigenvalue weighted by Crippen LogP contribution is 2.34. The quantitative estimate of drug-likeness (QED) is 0.653. The van der Waals surface area contributed by atoms with Gasteiger partial charge >= 0.3 is 0 Å². The summed E-state index contributed by atoms with van der Waals surface area (Å²) in [7, 11) is -3.96. The number of nitrogens with two attached hydrogens (primary N) is 1. The Balaban J connectivity index is 1.65. The molecule has 9 nitrogen and oxygen atoms in total. The van der Waals surface area contributed by atoms with Gasteiger partial charge in [0.2, 0.25) is 10.0 Å². The summed E-state index contributed by atoms with van der Waals surface area (Å²) >= 11 is 6.22. The predicted molar refractivity (Wildman–Crippen MR) is 102 cm³/mol. The van der Waals surface area contributed by atoms with Crippen molar-refractivity contribution in [2.45, 2.75) is 24.0 Å². The first-order valence-electron chi connectivity index (χ1n) is 8.54. The zero-order chi connectivity index (χ0) is 19.9. The normalized spacial score (nSPS) is 20.6. The van der Waals surface area contributed by atoms with Gasteiger partial charge in [0.1, 0.15) is 19.2 Å². The molecular weight excluding hydrogens is 404 g/mol. The van der Waals surface area contributed by atoms with Gasteiger partial charge in [-0.05, 0) is 12.5 Å². The van der Waals surface area contributed by atoms with Crippen LogP contribution in [0.1, 0.15) is 6.42 Å². The van der Waals surface area contributed by atoms with Crippen molar-refractivity contribution in [3.63, 3.8) is 0 Å². The van der Waals surface area contributed by atoms with E-state index in [1.165, 1.54) is 33.9 Å². The largest absolute Gasteiger partial charge is 0.314 e. The molecule has 0 radical (unpaired) electrons. The molecule has 28 heavy (non-hydrogen) atoms. The van der Waals surface area contributed by atoms with Crippen molar-refractivity contribution in [2.24, 2.45) is 11.7 Å². The Labute approximate surface area is 166 Å². The van der Waals surface area contributed by atoms with Crippen LogP contribution in [0.25, 0.3) is 10.8 Å². The summed E-state index contributed by atoms with van der Waals surface area (Å²) in [5.41, 5.74) is 6.19. The number of rotatable bonds is 5. The Bertz CT molecular complexity index is 1130. The van der Waals surface area contributed by atoms with Crippen LogP contribution in [-0.2, 0) is 21.4 Å². The molecule has 1 fully saturated rings. The lowest BCUT2D eigenvalue weighted by atomic mass is 10.0. The molecule has 3 aromatic rings. The second-order valence-corrected chi connectivity index (χ2v) is 8.80. The van der Waals surface area contributed by atoms with Crippen molar-refractivity contribution < 1.29 is 13.2 Å². The Hall–Kier alpha value is -2.40. The topological polar surface area (TPSA) is 124 Å². The van der Waals surface area contributed by atoms with Crippen LogP contribution in [0.4, 0.5) is 0 Å². The molecule has 2 atom stereocenters. The molecule has 1 aliphatic heterocycles. The van der Waals surface area contributed by atoms with Gasteiger partial charge in [-0.3, -0.25) is 9.78 Å². The monoisotopic (exact) mass is 420 g/mol. The highest BCUT2D eigenvalue weighted by molar-refractivity contribution is 7.89. The van der Waals surface area contributed by atoms with Crippen LogP contribution < -0.4 is 5.73 Å². The van der Waals surface area contributed by atoms with Crippen LogP contribution in [0.3, 0.4) is 0 Å². The van der Waals surface area contributed by atoms with Crippen LogP contribution in [0.2, 0.25) is 5.02 Å². The van der Waals surface area contributed by atoms with Gasteiger partial charge in [-0.15, -0.1) is 0 Å². The number of hydrogen-bond acceptors (Lipinski definition) is 7. The molecule has 2 aromatic heterocycles. The van der Waals surface area contributed by atoms with Gasteiger partial charge in [0.25, 0.3) is 0 Å². The smallest absolute Gasteiger partial charge is 0.245 e. The number of sulfonamides is 1. The van der Waals surface area contributed by atoms with Crippen LogP contribution in [-0.4, -0.2) is 51.0 Å². The van der Waals surface area contributed by atoms with E-state index >= 15 is 0 Å². The van der Waals surface area contributed by atoms with Gasteiger partial charge in [0.05, 0.1) is 22.0 Å². The molecule has 2 N–H and O–H groups in total. The van der Waals surface area contributed by atoms with Gasteiger partial charge in [-0.1, -0.05) is 23.7 Å². The first-order chi connectivity index (χ1) is 13.4. The maximum absolute atomic E-state index is 13.3. The molecule has 4 rings (SSSR count). The lowest BCUT2D eigenvalue weighted by Crippen LogP contribution is -2.46. The molecule has 0 bridgehead atoms. The molecule has 1 aliphatic rings. The zero-order valence-corrected chi connectivity index (χ0v) is 16.2. The van der Waals surface area contributed by atoms with Crippen molar-refractivity contribution in [3.05, 3.63) is 48.3 Å². The van der Waals surface area contributed by atoms with Gasteiger partial charge in [-0.2, -0.15) is 9.40 Å². The number of benzene rings is 1. The van der Waals surface area contributed by atoms with E-state index in [2.05, 4.69) is 15.1 Å². The molecule has 146 valence electrons. The van der Waals surface area contributed by atoms with Crippen molar-refractivity contribution in [1.82, 2.24) is 24.1 Å². The summed E-state index contributed by atoms with van der Waals surface area (Å²) in [6.45, 7) is 0.147. The van der Waals surface area contributed by atoms with Crippen molar-refractivity contribution in [2.75, 3.05) is 6.54 Å². The number of Topliss-reactive ketones (excluding diaryl/α,β-unsaturated/α-hetero) is 1. The number of halogens is 1. The zero-order valence-electron chi connectivity index (χ0n) is 14.6. The molecule has 0 saturated carbocycles. The Morgan fingerprint density at radius 2 is 2.11 bits per heavy atom. The minimum atomic E-state index is -3.96. The summed E-state index contributed by atoms with van der Waals surface area (Å²) in [6, 6.07) is 4.85. The second-order valence-electron chi connectivity index (χ2n) is 6.54. The van der Waals surface area contributed by atoms with Crippen molar-refractivity contribution in [1.29, 1.82) is 0 Å². The number of nitrogens with zero attached hydrogens (tertiary/aromatic N) is 5. The minimum Gasteiger partial charge on any atom is -0.314 e. The first-order valence-corrected chi connectivity index (χ1v) is 10.4. The summed E-state index contributed by atoms with van der Waals surface area (Å²) in [6.07, 6.45) is 5.09. The Morgan fingerprint density at radius 1 is 1.29 bits per heavy atom. The van der Waals surface area contributed by atoms with Crippen LogP contribution in [0, 0.1) is 5.92 Å². The Morgan fingerprint density at radius 3 is 2.86 bits per heavy atom. The molecule has 1 saturated heterocycles.